The SMILES string of the molecule is COCCN1CCc2c(cnn2-c2ccnc(C(=O)c3cc(F)cc(C(F)(F)F)c3)c2)C1=O. The highest BCUT2D eigenvalue weighted by Gasteiger charge is 2.32. The third kappa shape index (κ3) is 4.49. The van der Waals surface area contributed by atoms with Gasteiger partial charge in [-0.05, 0) is 30.3 Å². The maximum Gasteiger partial charge on any atom is 0.416 e. The molecule has 1 aliphatic rings. The van der Waals surface area contributed by atoms with Gasteiger partial charge in [-0.2, -0.15) is 18.3 Å². The van der Waals surface area contributed by atoms with Gasteiger partial charge in [0.05, 0.1) is 35.3 Å². The highest BCUT2D eigenvalue weighted by atomic mass is 19.4. The molecule has 0 atom stereocenters. The van der Waals surface area contributed by atoms with Crippen LogP contribution in [0.4, 0.5) is 17.6 Å². The van der Waals surface area contributed by atoms with Crippen molar-refractivity contribution in [3.8, 4) is 5.69 Å². The number of hydrogen-bond acceptors (Lipinski definition) is 5. The smallest absolute Gasteiger partial charge is 0.383 e. The molecule has 0 aliphatic carbocycles. The average molecular weight is 462 g/mol. The molecule has 33 heavy (non-hydrogen) atoms. The van der Waals surface area contributed by atoms with Crippen LogP contribution in [0.3, 0.4) is 0 Å². The minimum absolute atomic E-state index is 0.181. The van der Waals surface area contributed by atoms with E-state index in [1.54, 1.807) is 18.1 Å². The summed E-state index contributed by atoms with van der Waals surface area (Å²) in [6.07, 6.45) is -1.56. The number of ether oxygens (including phenoxy) is 1. The van der Waals surface area contributed by atoms with E-state index in [9.17, 15) is 27.2 Å². The molecule has 0 saturated heterocycles. The standard InChI is InChI=1S/C22H18F4N4O3/c1-33-7-6-29-5-3-19-17(21(29)32)12-28-30(19)16-2-4-27-18(11-16)20(31)13-8-14(22(24,25)26)10-15(23)9-13/h2,4,8-12H,3,5-7H2,1H3. The van der Waals surface area contributed by atoms with Crippen LogP contribution in [0.15, 0.2) is 42.7 Å². The van der Waals surface area contributed by atoms with Crippen LogP contribution in [0.1, 0.15) is 37.7 Å². The number of carbonyl (C=O) groups is 2. The summed E-state index contributed by atoms with van der Waals surface area (Å²) in [5.41, 5.74) is -0.456. The Morgan fingerprint density at radius 3 is 2.73 bits per heavy atom. The van der Waals surface area contributed by atoms with Crippen molar-refractivity contribution in [1.29, 1.82) is 0 Å². The van der Waals surface area contributed by atoms with Crippen LogP contribution in [0, 0.1) is 5.82 Å². The van der Waals surface area contributed by atoms with E-state index in [4.69, 9.17) is 4.74 Å². The molecule has 0 N–H and O–H groups in total. The first-order valence-corrected chi connectivity index (χ1v) is 9.93. The quantitative estimate of drug-likeness (QED) is 0.415. The molecule has 7 nitrogen and oxygen atoms in total. The molecule has 1 aliphatic heterocycles. The van der Waals surface area contributed by atoms with Gasteiger partial charge in [-0.1, -0.05) is 0 Å². The van der Waals surface area contributed by atoms with E-state index in [0.29, 0.717) is 55.2 Å². The summed E-state index contributed by atoms with van der Waals surface area (Å²) < 4.78 is 59.3. The molecular formula is C22H18F4N4O3. The van der Waals surface area contributed by atoms with E-state index in [0.717, 1.165) is 6.07 Å². The fourth-order valence-electron chi connectivity index (χ4n) is 3.65. The van der Waals surface area contributed by atoms with Gasteiger partial charge < -0.3 is 9.64 Å². The van der Waals surface area contributed by atoms with Crippen molar-refractivity contribution in [1.82, 2.24) is 19.7 Å². The summed E-state index contributed by atoms with van der Waals surface area (Å²) in [4.78, 5) is 31.1. The Labute approximate surface area is 185 Å². The molecule has 3 heterocycles. The van der Waals surface area contributed by atoms with Gasteiger partial charge in [0.15, 0.2) is 0 Å². The fourth-order valence-corrected chi connectivity index (χ4v) is 3.65. The van der Waals surface area contributed by atoms with Crippen LogP contribution >= 0.6 is 0 Å². The number of ketones is 1. The number of nitrogens with zero attached hydrogens (tertiary/aromatic N) is 4. The van der Waals surface area contributed by atoms with Crippen molar-refractivity contribution in [3.63, 3.8) is 0 Å². The van der Waals surface area contributed by atoms with Gasteiger partial charge in [0.25, 0.3) is 5.91 Å². The number of aromatic nitrogens is 3. The monoisotopic (exact) mass is 462 g/mol. The fraction of sp³-hybridized carbons (Fsp3) is 0.273. The number of pyridine rings is 1. The summed E-state index contributed by atoms with van der Waals surface area (Å²) in [5.74, 6) is -2.24. The number of fused-ring (bicyclic) bond motifs is 1. The van der Waals surface area contributed by atoms with Gasteiger partial charge in [-0.25, -0.2) is 9.07 Å². The van der Waals surface area contributed by atoms with Crippen molar-refractivity contribution in [2.45, 2.75) is 12.6 Å². The molecule has 2 aromatic heterocycles. The summed E-state index contributed by atoms with van der Waals surface area (Å²) in [5, 5.41) is 4.26. The van der Waals surface area contributed by atoms with Crippen molar-refractivity contribution in [2.75, 3.05) is 26.8 Å². The Morgan fingerprint density at radius 2 is 2.00 bits per heavy atom. The predicted molar refractivity (Wildman–Crippen MR) is 108 cm³/mol. The van der Waals surface area contributed by atoms with Crippen LogP contribution < -0.4 is 0 Å². The number of rotatable bonds is 6. The number of benzene rings is 1. The summed E-state index contributed by atoms with van der Waals surface area (Å²) >= 11 is 0. The topological polar surface area (TPSA) is 77.3 Å². The summed E-state index contributed by atoms with van der Waals surface area (Å²) in [6.45, 7) is 1.31. The second-order valence-corrected chi connectivity index (χ2v) is 7.41. The maximum atomic E-state index is 13.7. The zero-order valence-electron chi connectivity index (χ0n) is 17.4. The number of amides is 1. The Hall–Kier alpha value is -3.60. The molecule has 0 fully saturated rings. The Bertz CT molecular complexity index is 1220. The zero-order valence-corrected chi connectivity index (χ0v) is 17.4. The van der Waals surface area contributed by atoms with Crippen molar-refractivity contribution < 1.29 is 31.9 Å². The number of carbonyl (C=O) groups excluding carboxylic acids is 2. The van der Waals surface area contributed by atoms with Gasteiger partial charge in [0.2, 0.25) is 5.78 Å². The highest BCUT2D eigenvalue weighted by molar-refractivity contribution is 6.08. The molecule has 3 aromatic rings. The van der Waals surface area contributed by atoms with Crippen molar-refractivity contribution in [3.05, 3.63) is 76.6 Å². The van der Waals surface area contributed by atoms with Gasteiger partial charge in [-0.3, -0.25) is 14.6 Å². The van der Waals surface area contributed by atoms with E-state index in [1.807, 2.05) is 0 Å². The van der Waals surface area contributed by atoms with Gasteiger partial charge in [-0.15, -0.1) is 0 Å². The molecule has 11 heteroatoms. The van der Waals surface area contributed by atoms with E-state index < -0.39 is 28.9 Å². The molecule has 0 radical (unpaired) electrons. The summed E-state index contributed by atoms with van der Waals surface area (Å²) in [7, 11) is 1.55. The van der Waals surface area contributed by atoms with Crippen LogP contribution in [0.5, 0.6) is 0 Å². The molecule has 0 spiro atoms. The molecular weight excluding hydrogens is 444 g/mol. The van der Waals surface area contributed by atoms with Gasteiger partial charge >= 0.3 is 6.18 Å². The lowest BCUT2D eigenvalue weighted by Crippen LogP contribution is -2.39. The second kappa shape index (κ2) is 8.74. The van der Waals surface area contributed by atoms with E-state index in [-0.39, 0.29) is 11.6 Å². The maximum absolute atomic E-state index is 13.7. The molecule has 4 rings (SSSR count). The predicted octanol–water partition coefficient (Wildman–Crippen LogP) is 3.30. The lowest BCUT2D eigenvalue weighted by atomic mass is 10.0. The molecule has 1 amide bonds. The van der Waals surface area contributed by atoms with Crippen LogP contribution in [0.25, 0.3) is 5.69 Å². The molecule has 0 saturated carbocycles. The highest BCUT2D eigenvalue weighted by Crippen LogP contribution is 2.31. The first-order chi connectivity index (χ1) is 15.7. The molecule has 0 bridgehead atoms. The van der Waals surface area contributed by atoms with Crippen LogP contribution in [-0.2, 0) is 17.3 Å². The lowest BCUT2D eigenvalue weighted by Gasteiger charge is -2.27. The Kier molecular flexibility index (Phi) is 5.98. The molecule has 1 aromatic carbocycles. The average Bonchev–Trinajstić information content (AvgIpc) is 3.22. The van der Waals surface area contributed by atoms with E-state index >= 15 is 0 Å². The zero-order chi connectivity index (χ0) is 23.8. The number of halogens is 4. The minimum atomic E-state index is -4.80. The first kappa shape index (κ1) is 22.6. The third-order valence-electron chi connectivity index (χ3n) is 5.28. The minimum Gasteiger partial charge on any atom is -0.383 e. The molecule has 172 valence electrons. The summed E-state index contributed by atoms with van der Waals surface area (Å²) in [6, 6.07) is 4.54. The third-order valence-corrected chi connectivity index (χ3v) is 5.28. The van der Waals surface area contributed by atoms with Crippen LogP contribution in [0.2, 0.25) is 0 Å². The Morgan fingerprint density at radius 1 is 1.21 bits per heavy atom. The normalized spacial score (nSPS) is 13.8. The molecule has 0 unspecified atom stereocenters. The number of alkyl halides is 3. The Balaban J connectivity index is 1.65. The number of hydrogen-bond donors (Lipinski definition) is 0. The van der Waals surface area contributed by atoms with Crippen LogP contribution in [-0.4, -0.2) is 58.2 Å². The largest absolute Gasteiger partial charge is 0.416 e. The van der Waals surface area contributed by atoms with Crippen molar-refractivity contribution >= 4 is 11.7 Å². The van der Waals surface area contributed by atoms with E-state index in [2.05, 4.69) is 10.1 Å². The van der Waals surface area contributed by atoms with Gasteiger partial charge in [0.1, 0.15) is 11.5 Å². The second-order valence-electron chi connectivity index (χ2n) is 7.41. The number of methoxy groups -OCH3 is 1. The van der Waals surface area contributed by atoms with Gasteiger partial charge in [0, 0.05) is 38.4 Å². The van der Waals surface area contributed by atoms with Crippen molar-refractivity contribution in [2.24, 2.45) is 0 Å². The first-order valence-electron chi connectivity index (χ1n) is 9.93. The van der Waals surface area contributed by atoms with E-state index in [1.165, 1.54) is 23.1 Å². The lowest BCUT2D eigenvalue weighted by molar-refractivity contribution is -0.137.